The summed E-state index contributed by atoms with van der Waals surface area (Å²) in [6.07, 6.45) is 1.18. The molecule has 3 nitrogen and oxygen atoms in total. The van der Waals surface area contributed by atoms with E-state index in [9.17, 15) is 0 Å². The van der Waals surface area contributed by atoms with Crippen LogP contribution in [0.15, 0.2) is 30.3 Å². The van der Waals surface area contributed by atoms with Crippen LogP contribution in [-0.2, 0) is 6.54 Å². The van der Waals surface area contributed by atoms with Gasteiger partial charge in [-0.05, 0) is 30.8 Å². The molecule has 0 fully saturated rings. The van der Waals surface area contributed by atoms with E-state index in [1.807, 2.05) is 7.05 Å². The van der Waals surface area contributed by atoms with Crippen molar-refractivity contribution in [3.8, 4) is 0 Å². The topological polar surface area (TPSA) is 28.2 Å². The Kier molecular flexibility index (Phi) is 4.96. The van der Waals surface area contributed by atoms with Crippen LogP contribution in [0.4, 0.5) is 5.82 Å². The molecule has 1 N–H and O–H groups in total. The zero-order chi connectivity index (χ0) is 14.5. The van der Waals surface area contributed by atoms with Crippen molar-refractivity contribution in [2.45, 2.75) is 26.8 Å². The average Bonchev–Trinajstić information content (AvgIpc) is 2.44. The maximum absolute atomic E-state index is 4.83. The molecule has 0 aliphatic rings. The van der Waals surface area contributed by atoms with E-state index >= 15 is 0 Å². The van der Waals surface area contributed by atoms with Crippen LogP contribution >= 0.6 is 0 Å². The molecule has 0 saturated heterocycles. The molecule has 108 valence electrons. The molecule has 0 saturated carbocycles. The highest BCUT2D eigenvalue weighted by atomic mass is 15.2. The smallest absolute Gasteiger partial charge is 0.136 e. The van der Waals surface area contributed by atoms with Crippen molar-refractivity contribution in [2.24, 2.45) is 5.92 Å². The number of pyridine rings is 1. The molecule has 0 unspecified atom stereocenters. The second kappa shape index (κ2) is 6.71. The van der Waals surface area contributed by atoms with E-state index < -0.39 is 0 Å². The molecule has 0 radical (unpaired) electrons. The molecule has 3 heteroatoms. The van der Waals surface area contributed by atoms with Crippen LogP contribution in [-0.4, -0.2) is 25.6 Å². The molecule has 20 heavy (non-hydrogen) atoms. The normalized spacial score (nSPS) is 11.2. The zero-order valence-electron chi connectivity index (χ0n) is 13.0. The Morgan fingerprint density at radius 2 is 2.00 bits per heavy atom. The van der Waals surface area contributed by atoms with Gasteiger partial charge in [-0.15, -0.1) is 0 Å². The van der Waals surface area contributed by atoms with Crippen LogP contribution in [0.3, 0.4) is 0 Å². The van der Waals surface area contributed by atoms with Crippen LogP contribution in [0.2, 0.25) is 0 Å². The van der Waals surface area contributed by atoms with Crippen LogP contribution < -0.4 is 10.2 Å². The second-order valence-electron chi connectivity index (χ2n) is 5.79. The first-order chi connectivity index (χ1) is 9.61. The molecule has 1 aromatic heterocycles. The number of fused-ring (bicyclic) bond motifs is 1. The highest BCUT2D eigenvalue weighted by Crippen LogP contribution is 2.25. The van der Waals surface area contributed by atoms with Crippen molar-refractivity contribution in [2.75, 3.05) is 25.5 Å². The van der Waals surface area contributed by atoms with Gasteiger partial charge in [0.25, 0.3) is 0 Å². The molecule has 1 heterocycles. The quantitative estimate of drug-likeness (QED) is 0.872. The summed E-state index contributed by atoms with van der Waals surface area (Å²) in [5.74, 6) is 1.80. The number of rotatable bonds is 6. The minimum Gasteiger partial charge on any atom is -0.359 e. The zero-order valence-corrected chi connectivity index (χ0v) is 13.0. The molecular weight excluding hydrogens is 246 g/mol. The van der Waals surface area contributed by atoms with Gasteiger partial charge >= 0.3 is 0 Å². The Hall–Kier alpha value is -1.61. The third kappa shape index (κ3) is 3.48. The first-order valence-electron chi connectivity index (χ1n) is 7.36. The lowest BCUT2D eigenvalue weighted by Gasteiger charge is -2.22. The lowest BCUT2D eigenvalue weighted by molar-refractivity contribution is 0.584. The summed E-state index contributed by atoms with van der Waals surface area (Å²) in [4.78, 5) is 7.11. The van der Waals surface area contributed by atoms with E-state index in [2.05, 4.69) is 61.4 Å². The van der Waals surface area contributed by atoms with E-state index in [0.717, 1.165) is 24.6 Å². The fourth-order valence-corrected chi connectivity index (χ4v) is 2.35. The molecule has 0 aliphatic carbocycles. The van der Waals surface area contributed by atoms with Gasteiger partial charge < -0.3 is 10.2 Å². The molecule has 2 aromatic rings. The SMILES string of the molecule is CNCc1cc2ccccc2c(N(C)CCC(C)C)n1. The van der Waals surface area contributed by atoms with Crippen molar-refractivity contribution in [3.63, 3.8) is 0 Å². The summed E-state index contributed by atoms with van der Waals surface area (Å²) in [5, 5.41) is 5.68. The van der Waals surface area contributed by atoms with Crippen LogP contribution in [0.5, 0.6) is 0 Å². The lowest BCUT2D eigenvalue weighted by atomic mass is 10.1. The van der Waals surface area contributed by atoms with Crippen molar-refractivity contribution >= 4 is 16.6 Å². The molecule has 0 aliphatic heterocycles. The van der Waals surface area contributed by atoms with Crippen molar-refractivity contribution in [1.82, 2.24) is 10.3 Å². The minimum absolute atomic E-state index is 0.712. The Morgan fingerprint density at radius 1 is 1.25 bits per heavy atom. The van der Waals surface area contributed by atoms with Gasteiger partial charge in [0.05, 0.1) is 5.69 Å². The second-order valence-corrected chi connectivity index (χ2v) is 5.79. The van der Waals surface area contributed by atoms with Crippen LogP contribution in [0, 0.1) is 5.92 Å². The number of hydrogen-bond acceptors (Lipinski definition) is 3. The summed E-state index contributed by atoms with van der Waals surface area (Å²) >= 11 is 0. The lowest BCUT2D eigenvalue weighted by Crippen LogP contribution is -2.22. The van der Waals surface area contributed by atoms with Crippen LogP contribution in [0.25, 0.3) is 10.8 Å². The third-order valence-electron chi connectivity index (χ3n) is 3.53. The number of nitrogens with zero attached hydrogens (tertiary/aromatic N) is 2. The van der Waals surface area contributed by atoms with Gasteiger partial charge in [0.1, 0.15) is 5.82 Å². The average molecular weight is 271 g/mol. The number of hydrogen-bond donors (Lipinski definition) is 1. The molecular formula is C17H25N3. The Morgan fingerprint density at radius 3 is 2.70 bits per heavy atom. The fourth-order valence-electron chi connectivity index (χ4n) is 2.35. The monoisotopic (exact) mass is 271 g/mol. The van der Waals surface area contributed by atoms with Gasteiger partial charge in [-0.1, -0.05) is 38.1 Å². The number of benzene rings is 1. The van der Waals surface area contributed by atoms with E-state index in [0.29, 0.717) is 5.92 Å². The Bertz CT molecular complexity index is 563. The van der Waals surface area contributed by atoms with Crippen molar-refractivity contribution in [3.05, 3.63) is 36.0 Å². The Labute approximate surface area is 122 Å². The predicted molar refractivity (Wildman–Crippen MR) is 87.2 cm³/mol. The maximum Gasteiger partial charge on any atom is 0.136 e. The fraction of sp³-hybridized carbons (Fsp3) is 0.471. The van der Waals surface area contributed by atoms with E-state index in [4.69, 9.17) is 4.98 Å². The predicted octanol–water partition coefficient (Wildman–Crippen LogP) is 3.44. The van der Waals surface area contributed by atoms with E-state index in [1.165, 1.54) is 17.2 Å². The summed E-state index contributed by atoms with van der Waals surface area (Å²) < 4.78 is 0. The Balaban J connectivity index is 2.38. The van der Waals surface area contributed by atoms with E-state index in [1.54, 1.807) is 0 Å². The largest absolute Gasteiger partial charge is 0.359 e. The number of anilines is 1. The first kappa shape index (κ1) is 14.8. The summed E-state index contributed by atoms with van der Waals surface area (Å²) in [6.45, 7) is 6.36. The molecule has 0 amide bonds. The maximum atomic E-state index is 4.83. The molecule has 2 rings (SSSR count). The third-order valence-corrected chi connectivity index (χ3v) is 3.53. The molecule has 0 spiro atoms. The molecule has 0 atom stereocenters. The highest BCUT2D eigenvalue weighted by molar-refractivity contribution is 5.92. The summed E-state index contributed by atoms with van der Waals surface area (Å²) in [6, 6.07) is 10.7. The number of aromatic nitrogens is 1. The minimum atomic E-state index is 0.712. The van der Waals surface area contributed by atoms with E-state index in [-0.39, 0.29) is 0 Å². The molecule has 0 bridgehead atoms. The summed E-state index contributed by atoms with van der Waals surface area (Å²) in [5.41, 5.74) is 1.09. The van der Waals surface area contributed by atoms with Gasteiger partial charge in [0, 0.05) is 25.5 Å². The summed E-state index contributed by atoms with van der Waals surface area (Å²) in [7, 11) is 4.10. The first-order valence-corrected chi connectivity index (χ1v) is 7.36. The van der Waals surface area contributed by atoms with Crippen molar-refractivity contribution < 1.29 is 0 Å². The van der Waals surface area contributed by atoms with Crippen molar-refractivity contribution in [1.29, 1.82) is 0 Å². The van der Waals surface area contributed by atoms with Crippen LogP contribution in [0.1, 0.15) is 26.0 Å². The van der Waals surface area contributed by atoms with Gasteiger partial charge in [-0.25, -0.2) is 4.98 Å². The molecule has 1 aromatic carbocycles. The standard InChI is InChI=1S/C17H25N3/c1-13(2)9-10-20(4)17-16-8-6-5-7-14(16)11-15(19-17)12-18-3/h5-8,11,13,18H,9-10,12H2,1-4H3. The number of nitrogens with one attached hydrogen (secondary N) is 1. The van der Waals surface area contributed by atoms with Gasteiger partial charge in [0.2, 0.25) is 0 Å². The van der Waals surface area contributed by atoms with Gasteiger partial charge in [0.15, 0.2) is 0 Å². The van der Waals surface area contributed by atoms with Gasteiger partial charge in [-0.3, -0.25) is 0 Å². The highest BCUT2D eigenvalue weighted by Gasteiger charge is 2.10. The van der Waals surface area contributed by atoms with Gasteiger partial charge in [-0.2, -0.15) is 0 Å².